The normalized spacial score (nSPS) is 10.4. The molecule has 0 fully saturated rings. The Morgan fingerprint density at radius 3 is 2.47 bits per heavy atom. The molecule has 0 unspecified atom stereocenters. The molecule has 1 rings (SSSR count). The minimum absolute atomic E-state index is 0.0406. The van der Waals surface area contributed by atoms with Crippen LogP contribution in [0.25, 0.3) is 0 Å². The molecule has 1 aromatic rings. The second kappa shape index (κ2) is 6.91. The van der Waals surface area contributed by atoms with E-state index >= 15 is 0 Å². The number of hydrogen-bond donors (Lipinski definition) is 1. The fourth-order valence-corrected chi connectivity index (χ4v) is 1.28. The smallest absolute Gasteiger partial charge is 0.281 e. The summed E-state index contributed by atoms with van der Waals surface area (Å²) < 4.78 is 5.31. The summed E-state index contributed by atoms with van der Waals surface area (Å²) in [5.41, 5.74) is 3.51. The largest absolute Gasteiger partial charge is 0.484 e. The average molecular weight is 237 g/mol. The lowest BCUT2D eigenvalue weighted by Gasteiger charge is -2.08. The van der Waals surface area contributed by atoms with Crippen molar-refractivity contribution in [2.75, 3.05) is 13.2 Å². The van der Waals surface area contributed by atoms with Gasteiger partial charge in [0.1, 0.15) is 5.75 Å². The van der Waals surface area contributed by atoms with E-state index in [1.54, 1.807) is 6.92 Å². The highest BCUT2D eigenvalue weighted by Crippen LogP contribution is 2.18. The number of hydroxylamine groups is 1. The molecular formula is C13H19NO3. The van der Waals surface area contributed by atoms with Crippen LogP contribution in [0.2, 0.25) is 0 Å². The first-order chi connectivity index (χ1) is 8.13. The summed E-state index contributed by atoms with van der Waals surface area (Å²) in [4.78, 5) is 15.9. The van der Waals surface area contributed by atoms with E-state index in [0.717, 1.165) is 0 Å². The number of carbonyl (C=O) groups excluding carboxylic acids is 1. The highest BCUT2D eigenvalue weighted by atomic mass is 16.7. The van der Waals surface area contributed by atoms with Gasteiger partial charge in [-0.25, -0.2) is 5.48 Å². The molecule has 94 valence electrons. The SMILES string of the molecule is CCONC(=O)COc1ccc(C(C)C)cc1. The van der Waals surface area contributed by atoms with Gasteiger partial charge in [-0.15, -0.1) is 0 Å². The summed E-state index contributed by atoms with van der Waals surface area (Å²) in [5, 5.41) is 0. The van der Waals surface area contributed by atoms with E-state index < -0.39 is 0 Å². The van der Waals surface area contributed by atoms with Gasteiger partial charge in [-0.1, -0.05) is 26.0 Å². The Kier molecular flexibility index (Phi) is 5.49. The molecule has 0 aliphatic heterocycles. The van der Waals surface area contributed by atoms with Crippen molar-refractivity contribution in [1.82, 2.24) is 5.48 Å². The van der Waals surface area contributed by atoms with Gasteiger partial charge in [-0.3, -0.25) is 9.63 Å². The van der Waals surface area contributed by atoms with Crippen LogP contribution in [0, 0.1) is 0 Å². The summed E-state index contributed by atoms with van der Waals surface area (Å²) in [6, 6.07) is 7.73. The highest BCUT2D eigenvalue weighted by molar-refractivity contribution is 5.76. The van der Waals surface area contributed by atoms with Gasteiger partial charge in [-0.2, -0.15) is 0 Å². The number of ether oxygens (including phenoxy) is 1. The summed E-state index contributed by atoms with van der Waals surface area (Å²) in [6.07, 6.45) is 0. The minimum atomic E-state index is -0.292. The summed E-state index contributed by atoms with van der Waals surface area (Å²) in [6.45, 7) is 6.46. The molecule has 1 N–H and O–H groups in total. The quantitative estimate of drug-likeness (QED) is 0.772. The summed E-state index contributed by atoms with van der Waals surface area (Å²) in [7, 11) is 0. The van der Waals surface area contributed by atoms with Crippen molar-refractivity contribution in [2.24, 2.45) is 0 Å². The van der Waals surface area contributed by atoms with Crippen molar-refractivity contribution >= 4 is 5.91 Å². The van der Waals surface area contributed by atoms with Gasteiger partial charge in [-0.05, 0) is 30.5 Å². The third-order valence-corrected chi connectivity index (χ3v) is 2.25. The molecule has 0 aromatic heterocycles. The zero-order chi connectivity index (χ0) is 12.7. The lowest BCUT2D eigenvalue weighted by Crippen LogP contribution is -2.28. The van der Waals surface area contributed by atoms with Crippen molar-refractivity contribution < 1.29 is 14.4 Å². The number of hydrogen-bond acceptors (Lipinski definition) is 3. The minimum Gasteiger partial charge on any atom is -0.484 e. The topological polar surface area (TPSA) is 47.6 Å². The van der Waals surface area contributed by atoms with Crippen LogP contribution in [-0.4, -0.2) is 19.1 Å². The first-order valence-electron chi connectivity index (χ1n) is 5.77. The van der Waals surface area contributed by atoms with Gasteiger partial charge >= 0.3 is 0 Å². The van der Waals surface area contributed by atoms with Gasteiger partial charge < -0.3 is 4.74 Å². The number of carbonyl (C=O) groups is 1. The highest BCUT2D eigenvalue weighted by Gasteiger charge is 2.03. The van der Waals surface area contributed by atoms with Crippen LogP contribution in [0.15, 0.2) is 24.3 Å². The van der Waals surface area contributed by atoms with Crippen LogP contribution >= 0.6 is 0 Å². The van der Waals surface area contributed by atoms with Crippen LogP contribution < -0.4 is 10.2 Å². The molecule has 0 aliphatic carbocycles. The zero-order valence-corrected chi connectivity index (χ0v) is 10.5. The molecule has 17 heavy (non-hydrogen) atoms. The van der Waals surface area contributed by atoms with Gasteiger partial charge in [0, 0.05) is 0 Å². The monoisotopic (exact) mass is 237 g/mol. The molecule has 1 aromatic carbocycles. The Morgan fingerprint density at radius 1 is 1.29 bits per heavy atom. The van der Waals surface area contributed by atoms with Crippen molar-refractivity contribution in [3.05, 3.63) is 29.8 Å². The number of benzene rings is 1. The summed E-state index contributed by atoms with van der Waals surface area (Å²) >= 11 is 0. The zero-order valence-electron chi connectivity index (χ0n) is 10.5. The van der Waals surface area contributed by atoms with Gasteiger partial charge in [0.2, 0.25) is 0 Å². The maximum Gasteiger partial charge on any atom is 0.281 e. The van der Waals surface area contributed by atoms with E-state index in [4.69, 9.17) is 9.57 Å². The molecule has 0 heterocycles. The predicted molar refractivity (Wildman–Crippen MR) is 65.8 cm³/mol. The van der Waals surface area contributed by atoms with Crippen molar-refractivity contribution in [2.45, 2.75) is 26.7 Å². The lowest BCUT2D eigenvalue weighted by atomic mass is 10.0. The van der Waals surface area contributed by atoms with Crippen LogP contribution in [-0.2, 0) is 9.63 Å². The van der Waals surface area contributed by atoms with Crippen molar-refractivity contribution in [1.29, 1.82) is 0 Å². The van der Waals surface area contributed by atoms with Crippen LogP contribution in [0.5, 0.6) is 5.75 Å². The van der Waals surface area contributed by atoms with Gasteiger partial charge in [0.05, 0.1) is 6.61 Å². The molecular weight excluding hydrogens is 218 g/mol. The van der Waals surface area contributed by atoms with E-state index in [-0.39, 0.29) is 12.5 Å². The molecule has 4 nitrogen and oxygen atoms in total. The molecule has 0 saturated heterocycles. The first-order valence-corrected chi connectivity index (χ1v) is 5.77. The molecule has 0 aliphatic rings. The third-order valence-electron chi connectivity index (χ3n) is 2.25. The molecule has 0 saturated carbocycles. The van der Waals surface area contributed by atoms with E-state index in [9.17, 15) is 4.79 Å². The predicted octanol–water partition coefficient (Wildman–Crippen LogP) is 2.26. The molecule has 4 heteroatoms. The average Bonchev–Trinajstić information content (AvgIpc) is 2.34. The maximum atomic E-state index is 11.2. The standard InChI is InChI=1S/C13H19NO3/c1-4-17-14-13(15)9-16-12-7-5-11(6-8-12)10(2)3/h5-8,10H,4,9H2,1-3H3,(H,14,15). The van der Waals surface area contributed by atoms with Crippen molar-refractivity contribution in [3.63, 3.8) is 0 Å². The van der Waals surface area contributed by atoms with E-state index in [1.165, 1.54) is 5.56 Å². The van der Waals surface area contributed by atoms with Crippen LogP contribution in [0.1, 0.15) is 32.3 Å². The second-order valence-corrected chi connectivity index (χ2v) is 3.97. The first kappa shape index (κ1) is 13.5. The second-order valence-electron chi connectivity index (χ2n) is 3.97. The Balaban J connectivity index is 2.39. The molecule has 0 spiro atoms. The van der Waals surface area contributed by atoms with Gasteiger partial charge in [0.25, 0.3) is 5.91 Å². The van der Waals surface area contributed by atoms with Gasteiger partial charge in [0.15, 0.2) is 6.61 Å². The fraction of sp³-hybridized carbons (Fsp3) is 0.462. The Bertz CT molecular complexity index is 346. The van der Waals surface area contributed by atoms with Crippen LogP contribution in [0.4, 0.5) is 0 Å². The Hall–Kier alpha value is -1.55. The number of rotatable bonds is 6. The third kappa shape index (κ3) is 4.87. The van der Waals surface area contributed by atoms with Crippen LogP contribution in [0.3, 0.4) is 0 Å². The van der Waals surface area contributed by atoms with E-state index in [0.29, 0.717) is 18.3 Å². The molecule has 0 bridgehead atoms. The van der Waals surface area contributed by atoms with E-state index in [2.05, 4.69) is 19.3 Å². The van der Waals surface area contributed by atoms with Crippen molar-refractivity contribution in [3.8, 4) is 5.75 Å². The molecule has 0 radical (unpaired) electrons. The Labute approximate surface area is 102 Å². The maximum absolute atomic E-state index is 11.2. The Morgan fingerprint density at radius 2 is 1.94 bits per heavy atom. The molecule has 0 atom stereocenters. The fourth-order valence-electron chi connectivity index (χ4n) is 1.28. The summed E-state index contributed by atoms with van der Waals surface area (Å²) in [5.74, 6) is 0.881. The van der Waals surface area contributed by atoms with E-state index in [1.807, 2.05) is 24.3 Å². The number of amides is 1. The molecule has 1 amide bonds. The number of nitrogens with one attached hydrogen (secondary N) is 1. The lowest BCUT2D eigenvalue weighted by molar-refractivity contribution is -0.135.